The average Bonchev–Trinajstić information content (AvgIpc) is 3.72. The van der Waals surface area contributed by atoms with E-state index in [2.05, 4.69) is 36.2 Å². The maximum atomic E-state index is 14.0. The molecular weight excluding hydrogens is 1080 g/mol. The summed E-state index contributed by atoms with van der Waals surface area (Å²) in [7, 11) is -27.9. The van der Waals surface area contributed by atoms with Crippen LogP contribution in [0.5, 0.6) is 34.5 Å². The lowest BCUT2D eigenvalue weighted by Gasteiger charge is -2.18. The van der Waals surface area contributed by atoms with Crippen LogP contribution < -0.4 is 36.6 Å². The Balaban J connectivity index is 1.06. The highest BCUT2D eigenvalue weighted by Gasteiger charge is 2.26. The molecule has 0 saturated carbocycles. The molecule has 0 radical (unpaired) electrons. The molecular formula is C39H30N5O24S5-5. The van der Waals surface area contributed by atoms with Crippen LogP contribution in [-0.4, -0.2) is 89.4 Å². The lowest BCUT2D eigenvalue weighted by atomic mass is 10.1. The van der Waals surface area contributed by atoms with Gasteiger partial charge in [0, 0.05) is 36.3 Å². The van der Waals surface area contributed by atoms with Crippen molar-refractivity contribution in [1.29, 1.82) is 0 Å². The predicted octanol–water partition coefficient (Wildman–Crippen LogP) is 1.85. The molecule has 7 rings (SSSR count). The fraction of sp³-hybridized carbons (Fsp3) is 0.205. The van der Waals surface area contributed by atoms with Crippen LogP contribution in [0.15, 0.2) is 99.1 Å². The normalized spacial score (nSPS) is 12.5. The van der Waals surface area contributed by atoms with Gasteiger partial charge in [-0.1, -0.05) is 36.6 Å². The van der Waals surface area contributed by atoms with Gasteiger partial charge in [0.25, 0.3) is 57.6 Å². The van der Waals surface area contributed by atoms with Crippen LogP contribution >= 0.6 is 0 Å². The Bertz CT molecular complexity index is 3960. The smallest absolute Gasteiger partial charge is 0.262 e. The summed E-state index contributed by atoms with van der Waals surface area (Å²) in [5.41, 5.74) is -2.41. The van der Waals surface area contributed by atoms with Gasteiger partial charge in [0.2, 0.25) is 11.2 Å². The molecule has 4 aromatic carbocycles. The molecule has 7 aromatic rings. The Hall–Kier alpha value is -7.28. The minimum absolute atomic E-state index is 0.0848. The van der Waals surface area contributed by atoms with Gasteiger partial charge in [-0.25, -0.2) is 47.1 Å². The van der Waals surface area contributed by atoms with Crippen LogP contribution in [0, 0.1) is 0 Å². The van der Waals surface area contributed by atoms with Crippen molar-refractivity contribution in [1.82, 2.24) is 24.5 Å². The third kappa shape index (κ3) is 14.7. The van der Waals surface area contributed by atoms with E-state index in [1.165, 1.54) is 39.7 Å². The van der Waals surface area contributed by atoms with Crippen molar-refractivity contribution in [2.75, 3.05) is 0 Å². The first kappa shape index (κ1) is 53.5. The summed E-state index contributed by atoms with van der Waals surface area (Å²) in [5, 5.41) is 7.58. The Morgan fingerprint density at radius 2 is 1.16 bits per heavy atom. The van der Waals surface area contributed by atoms with E-state index >= 15 is 0 Å². The average molecular weight is 1110 g/mol. The van der Waals surface area contributed by atoms with Gasteiger partial charge in [0.1, 0.15) is 46.3 Å². The minimum Gasteiger partial charge on any atom is -0.716 e. The van der Waals surface area contributed by atoms with Crippen molar-refractivity contribution in [3.05, 3.63) is 111 Å². The van der Waals surface area contributed by atoms with Crippen molar-refractivity contribution in [3.8, 4) is 57.2 Å². The van der Waals surface area contributed by atoms with E-state index < -0.39 is 115 Å². The van der Waals surface area contributed by atoms with Crippen LogP contribution in [0.2, 0.25) is 0 Å². The van der Waals surface area contributed by atoms with Gasteiger partial charge in [-0.15, -0.1) is 5.10 Å². The summed E-state index contributed by atoms with van der Waals surface area (Å²) < 4.78 is 207. The highest BCUT2D eigenvalue weighted by molar-refractivity contribution is 7.82. The molecule has 3 heterocycles. The number of fused-ring (bicyclic) bond motifs is 2. The topological polar surface area (TPSA) is 437 Å². The second-order valence-electron chi connectivity index (χ2n) is 15.0. The van der Waals surface area contributed by atoms with Gasteiger partial charge in [-0.2, -0.15) is 0 Å². The highest BCUT2D eigenvalue weighted by Crippen LogP contribution is 2.41. The van der Waals surface area contributed by atoms with E-state index in [0.717, 1.165) is 0 Å². The molecule has 0 atom stereocenters. The van der Waals surface area contributed by atoms with Crippen LogP contribution in [0.4, 0.5) is 0 Å². The Morgan fingerprint density at radius 3 is 1.82 bits per heavy atom. The summed E-state index contributed by atoms with van der Waals surface area (Å²) in [6.07, 6.45) is 4.63. The molecule has 0 aliphatic carbocycles. The summed E-state index contributed by atoms with van der Waals surface area (Å²) >= 11 is 0. The quantitative estimate of drug-likeness (QED) is 0.0501. The Morgan fingerprint density at radius 1 is 0.575 bits per heavy atom. The second kappa shape index (κ2) is 21.1. The first-order valence-electron chi connectivity index (χ1n) is 20.3. The van der Waals surface area contributed by atoms with Crippen LogP contribution in [0.1, 0.15) is 37.8 Å². The fourth-order valence-corrected chi connectivity index (χ4v) is 8.75. The van der Waals surface area contributed by atoms with Gasteiger partial charge in [-0.05, 0) is 67.4 Å². The number of para-hydroxylation sites is 1. The van der Waals surface area contributed by atoms with Crippen molar-refractivity contribution in [2.45, 2.75) is 51.8 Å². The molecule has 0 N–H and O–H groups in total. The number of hydrogen-bond acceptors (Lipinski definition) is 27. The number of hydrogen-bond donors (Lipinski definition) is 0. The van der Waals surface area contributed by atoms with Crippen molar-refractivity contribution >= 4 is 73.9 Å². The monoisotopic (exact) mass is 1110 g/mol. The van der Waals surface area contributed by atoms with E-state index in [4.69, 9.17) is 9.15 Å². The molecule has 0 aliphatic rings. The van der Waals surface area contributed by atoms with Gasteiger partial charge < -0.3 is 52.8 Å². The van der Waals surface area contributed by atoms with Crippen molar-refractivity contribution in [2.24, 2.45) is 0 Å². The zero-order valence-corrected chi connectivity index (χ0v) is 40.4. The number of rotatable bonds is 23. The molecule has 0 saturated heterocycles. The van der Waals surface area contributed by atoms with Crippen LogP contribution in [-0.2, 0) is 71.7 Å². The summed E-state index contributed by atoms with van der Waals surface area (Å²) in [4.78, 5) is 32.2. The second-order valence-corrected chi connectivity index (χ2v) is 19.9. The van der Waals surface area contributed by atoms with Gasteiger partial charge in [-0.3, -0.25) is 18.8 Å². The van der Waals surface area contributed by atoms with E-state index in [0.29, 0.717) is 91.3 Å². The lowest BCUT2D eigenvalue weighted by molar-refractivity contribution is 0.302. The molecule has 0 unspecified atom stereocenters. The van der Waals surface area contributed by atoms with Gasteiger partial charge in [0.15, 0.2) is 17.3 Å². The number of aryl methyl sites for hydroxylation is 1. The minimum atomic E-state index is -5.90. The van der Waals surface area contributed by atoms with Crippen LogP contribution in [0.3, 0.4) is 0 Å². The number of benzene rings is 4. The fourth-order valence-electron chi connectivity index (χ4n) is 7.01. The van der Waals surface area contributed by atoms with Gasteiger partial charge >= 0.3 is 0 Å². The highest BCUT2D eigenvalue weighted by atomic mass is 32.3. The van der Waals surface area contributed by atoms with E-state index in [9.17, 15) is 74.4 Å². The summed E-state index contributed by atoms with van der Waals surface area (Å²) in [6, 6.07) is 15.0. The zero-order valence-electron chi connectivity index (χ0n) is 36.3. The molecule has 0 bridgehead atoms. The number of ether oxygens (including phenoxy) is 1. The van der Waals surface area contributed by atoms with Gasteiger partial charge in [0.05, 0.1) is 17.1 Å². The number of aromatic nitrogens is 5. The van der Waals surface area contributed by atoms with Crippen molar-refractivity contribution in [3.63, 3.8) is 0 Å². The Labute approximate surface area is 411 Å². The first-order valence-corrected chi connectivity index (χ1v) is 26.9. The molecule has 390 valence electrons. The molecule has 0 fully saturated rings. The molecule has 0 amide bonds. The summed E-state index contributed by atoms with van der Waals surface area (Å²) in [5.74, 6) is -6.64. The maximum Gasteiger partial charge on any atom is 0.262 e. The largest absolute Gasteiger partial charge is 0.716 e. The van der Waals surface area contributed by atoms with E-state index in [-0.39, 0.29) is 23.5 Å². The van der Waals surface area contributed by atoms with E-state index in [1.807, 2.05) is 0 Å². The third-order valence-corrected chi connectivity index (χ3v) is 11.7. The standard InChI is InChI=1S/C39H35N5O24S5/c45-35-34-32(19-27(65-70(50,51)52)20-33(34)63-36(37(35)68-73(59,60)61)24-12-15-30(66-71(53,54)55)31(18-24)67-72(56,57)58)62-22-25-21-43(42-41-25)16-6-2-1-3-7-17-44-38(40-29-9-5-4-8-28(29)39(44)46)23-10-13-26(14-11-23)64-69(47,48)49/h4-5,8-15,18-21H,1-3,6-7,16-17,22H2,(H,47,48,49)(H,50,51,52)(H,53,54,55)(H,56,57,58)(H,59,60,61)/p-5. The van der Waals surface area contributed by atoms with Crippen LogP contribution in [0.25, 0.3) is 44.6 Å². The molecule has 0 spiro atoms. The molecule has 34 heteroatoms. The third-order valence-electron chi connectivity index (χ3n) is 9.77. The SMILES string of the molecule is O=c1c(OS(=O)(=O)[O-])c(-c2ccc(OS(=O)(=O)[O-])c(OS(=O)(=O)[O-])c2)oc2cc(OS(=O)(=O)[O-])cc(OCc3cn(CCCCCCCn4c(-c5ccc(OS(=O)(=O)[O-])cc5)nc5ccccc5c4=O)nn3)c12. The number of nitrogens with zero attached hydrogens (tertiary/aromatic N) is 5. The molecule has 73 heavy (non-hydrogen) atoms. The maximum absolute atomic E-state index is 14.0. The molecule has 0 aliphatic heterocycles. The Kier molecular flexibility index (Phi) is 15.4. The molecule has 29 nitrogen and oxygen atoms in total. The van der Waals surface area contributed by atoms with E-state index in [1.54, 1.807) is 24.3 Å². The zero-order chi connectivity index (χ0) is 53.1. The lowest BCUT2D eigenvalue weighted by Crippen LogP contribution is -2.23. The molecule has 3 aromatic heterocycles. The first-order chi connectivity index (χ1) is 34.1. The predicted molar refractivity (Wildman–Crippen MR) is 238 cm³/mol. The number of unbranched alkanes of at least 4 members (excludes halogenated alkanes) is 4. The van der Waals surface area contributed by atoms with Crippen molar-refractivity contribution < 1.29 is 94.9 Å². The summed E-state index contributed by atoms with van der Waals surface area (Å²) in [6.45, 7) is 0.0330.